The third kappa shape index (κ3) is 40.0. The van der Waals surface area contributed by atoms with E-state index in [4.69, 9.17) is 13.8 Å². The molecule has 0 aliphatic heterocycles. The van der Waals surface area contributed by atoms with Crippen molar-refractivity contribution >= 4 is 19.7 Å². The van der Waals surface area contributed by atoms with Crippen LogP contribution in [-0.2, 0) is 27.9 Å². The number of aliphatic hydroxyl groups excluding tert-OH is 1. The van der Waals surface area contributed by atoms with Crippen LogP contribution < -0.4 is 5.32 Å². The van der Waals surface area contributed by atoms with E-state index in [1.165, 1.54) is 154 Å². The highest BCUT2D eigenvalue weighted by Crippen LogP contribution is 2.42. The second-order valence-electron chi connectivity index (χ2n) is 14.7. The van der Waals surface area contributed by atoms with Crippen molar-refractivity contribution < 1.29 is 37.9 Å². The molecule has 0 spiro atoms. The van der Waals surface area contributed by atoms with Gasteiger partial charge in [0.1, 0.15) is 12.7 Å². The van der Waals surface area contributed by atoms with Gasteiger partial charge in [0.15, 0.2) is 0 Å². The molecule has 10 heteroatoms. The number of phosphoric acid groups is 1. The normalized spacial score (nSPS) is 13.3. The van der Waals surface area contributed by atoms with Crippen LogP contribution in [0.2, 0.25) is 0 Å². The zero-order chi connectivity index (χ0) is 37.5. The minimum absolute atomic E-state index is 0.0883. The molecular weight excluding hydrogens is 665 g/mol. The van der Waals surface area contributed by atoms with E-state index < -0.39 is 26.5 Å². The number of hydrogen-bond acceptors (Lipinski definition) is 7. The highest BCUT2D eigenvalue weighted by molar-refractivity contribution is 7.47. The van der Waals surface area contributed by atoms with Crippen molar-refractivity contribution in [3.63, 3.8) is 0 Å². The number of aliphatic hydroxyl groups is 1. The minimum atomic E-state index is -4.41. The molecule has 3 N–H and O–H groups in total. The molecule has 51 heavy (non-hydrogen) atoms. The highest BCUT2D eigenvalue weighted by atomic mass is 31.2. The smallest absolute Gasteiger partial charge is 0.463 e. The van der Waals surface area contributed by atoms with Crippen molar-refractivity contribution in [2.24, 2.45) is 0 Å². The molecule has 0 saturated heterocycles. The first-order chi connectivity index (χ1) is 24.8. The Morgan fingerprint density at radius 3 is 1.27 bits per heavy atom. The predicted octanol–water partition coefficient (Wildman–Crippen LogP) is 11.7. The molecule has 0 fully saturated rings. The lowest BCUT2D eigenvalue weighted by molar-refractivity contribution is -0.147. The van der Waals surface area contributed by atoms with Crippen molar-refractivity contribution in [3.05, 3.63) is 0 Å². The van der Waals surface area contributed by atoms with Gasteiger partial charge in [-0.2, -0.15) is 0 Å². The van der Waals surface area contributed by atoms with E-state index >= 15 is 0 Å². The number of amides is 1. The minimum Gasteiger partial charge on any atom is -0.463 e. The van der Waals surface area contributed by atoms with Gasteiger partial charge in [0.05, 0.1) is 13.2 Å². The molecule has 2 atom stereocenters. The van der Waals surface area contributed by atoms with Gasteiger partial charge in [0.2, 0.25) is 5.91 Å². The fourth-order valence-electron chi connectivity index (χ4n) is 6.26. The second-order valence-corrected chi connectivity index (χ2v) is 16.1. The third-order valence-corrected chi connectivity index (χ3v) is 10.5. The maximum atomic E-state index is 12.1. The number of carbonyl (C=O) groups excluding carboxylic acids is 2. The fraction of sp³-hybridized carbons (Fsp3) is 0.951. The number of hydrogen-bond donors (Lipinski definition) is 3. The van der Waals surface area contributed by atoms with Crippen molar-refractivity contribution in [1.82, 2.24) is 5.32 Å². The molecule has 0 saturated carbocycles. The van der Waals surface area contributed by atoms with E-state index in [0.29, 0.717) is 12.8 Å². The third-order valence-electron chi connectivity index (χ3n) is 9.54. The maximum Gasteiger partial charge on any atom is 0.472 e. The van der Waals surface area contributed by atoms with E-state index in [1.807, 2.05) is 0 Å². The standard InChI is InChI=1S/C41H82NO8P/c1-3-5-7-9-11-13-15-17-19-21-23-25-27-29-31-33-40(44)42-35-36-49-51(46,47)50-38-39(43)37-48-41(45)34-32-30-28-26-24-22-20-18-16-14-12-10-8-6-4-2/h39,43H,3-38H2,1-2H3,(H,42,44)(H,46,47). The molecule has 0 bridgehead atoms. The number of phosphoric ester groups is 1. The molecule has 1 amide bonds. The van der Waals surface area contributed by atoms with Crippen LogP contribution in [0.1, 0.15) is 219 Å². The first-order valence-electron chi connectivity index (χ1n) is 21.5. The van der Waals surface area contributed by atoms with Crippen LogP contribution in [-0.4, -0.2) is 54.3 Å². The number of ether oxygens (including phenoxy) is 1. The van der Waals surface area contributed by atoms with Gasteiger partial charge in [0.25, 0.3) is 0 Å². The van der Waals surface area contributed by atoms with Crippen molar-refractivity contribution in [2.45, 2.75) is 225 Å². The second kappa shape index (κ2) is 38.7. The topological polar surface area (TPSA) is 131 Å². The summed E-state index contributed by atoms with van der Waals surface area (Å²) in [6.07, 6.45) is 37.4. The first kappa shape index (κ1) is 50.0. The molecule has 2 unspecified atom stereocenters. The zero-order valence-electron chi connectivity index (χ0n) is 33.3. The lowest BCUT2D eigenvalue weighted by atomic mass is 10.0. The summed E-state index contributed by atoms with van der Waals surface area (Å²) in [5.41, 5.74) is 0. The van der Waals surface area contributed by atoms with Gasteiger partial charge < -0.3 is 20.1 Å². The number of rotatable bonds is 41. The number of esters is 1. The summed E-state index contributed by atoms with van der Waals surface area (Å²) in [5, 5.41) is 12.7. The summed E-state index contributed by atoms with van der Waals surface area (Å²) in [5.74, 6) is -0.504. The molecule has 0 aliphatic rings. The monoisotopic (exact) mass is 748 g/mol. The molecule has 0 aliphatic carbocycles. The lowest BCUT2D eigenvalue weighted by Crippen LogP contribution is -2.27. The molecule has 9 nitrogen and oxygen atoms in total. The number of nitrogens with one attached hydrogen (secondary N) is 1. The molecule has 0 heterocycles. The van der Waals surface area contributed by atoms with Crippen LogP contribution in [0.25, 0.3) is 0 Å². The van der Waals surface area contributed by atoms with Crippen LogP contribution >= 0.6 is 7.82 Å². The Kier molecular flexibility index (Phi) is 38.0. The molecule has 0 aromatic rings. The van der Waals surface area contributed by atoms with E-state index in [1.54, 1.807) is 0 Å². The van der Waals surface area contributed by atoms with Gasteiger partial charge in [-0.15, -0.1) is 0 Å². The number of unbranched alkanes of at least 4 members (excludes halogenated alkanes) is 28. The van der Waals surface area contributed by atoms with Crippen LogP contribution in [0.5, 0.6) is 0 Å². The summed E-state index contributed by atoms with van der Waals surface area (Å²) >= 11 is 0. The Morgan fingerprint density at radius 2 is 0.882 bits per heavy atom. The fourth-order valence-corrected chi connectivity index (χ4v) is 7.02. The summed E-state index contributed by atoms with van der Waals surface area (Å²) < 4.78 is 26.9. The molecular formula is C41H82NO8P. The van der Waals surface area contributed by atoms with Crippen molar-refractivity contribution in [3.8, 4) is 0 Å². The first-order valence-corrected chi connectivity index (χ1v) is 23.0. The van der Waals surface area contributed by atoms with E-state index in [2.05, 4.69) is 19.2 Å². The highest BCUT2D eigenvalue weighted by Gasteiger charge is 2.23. The van der Waals surface area contributed by atoms with Gasteiger partial charge in [0, 0.05) is 19.4 Å². The van der Waals surface area contributed by atoms with E-state index in [9.17, 15) is 24.2 Å². The van der Waals surface area contributed by atoms with Crippen molar-refractivity contribution in [2.75, 3.05) is 26.4 Å². The SMILES string of the molecule is CCCCCCCCCCCCCCCCCC(=O)NCCOP(=O)(O)OCC(O)COC(=O)CCCCCCCCCCCCCCCCC. The largest absolute Gasteiger partial charge is 0.472 e. The summed E-state index contributed by atoms with van der Waals surface area (Å²) in [6, 6.07) is 0. The van der Waals surface area contributed by atoms with Gasteiger partial charge in [-0.1, -0.05) is 194 Å². The van der Waals surface area contributed by atoms with E-state index in [-0.39, 0.29) is 25.7 Å². The Morgan fingerprint density at radius 1 is 0.529 bits per heavy atom. The van der Waals surface area contributed by atoms with Crippen LogP contribution in [0.3, 0.4) is 0 Å². The quantitative estimate of drug-likeness (QED) is 0.0320. The van der Waals surface area contributed by atoms with Gasteiger partial charge in [-0.25, -0.2) is 4.57 Å². The average Bonchev–Trinajstić information content (AvgIpc) is 3.11. The zero-order valence-corrected chi connectivity index (χ0v) is 34.2. The lowest BCUT2D eigenvalue weighted by Gasteiger charge is -2.15. The van der Waals surface area contributed by atoms with Gasteiger partial charge in [-0.3, -0.25) is 18.6 Å². The summed E-state index contributed by atoms with van der Waals surface area (Å²) in [4.78, 5) is 33.9. The molecule has 0 aromatic heterocycles. The van der Waals surface area contributed by atoms with Crippen LogP contribution in [0.15, 0.2) is 0 Å². The van der Waals surface area contributed by atoms with Gasteiger partial charge >= 0.3 is 13.8 Å². The van der Waals surface area contributed by atoms with Crippen LogP contribution in [0.4, 0.5) is 0 Å². The molecule has 304 valence electrons. The maximum absolute atomic E-state index is 12.1. The van der Waals surface area contributed by atoms with Crippen molar-refractivity contribution in [1.29, 1.82) is 0 Å². The Balaban J connectivity index is 3.56. The summed E-state index contributed by atoms with van der Waals surface area (Å²) in [6.45, 7) is 3.59. The Hall–Kier alpha value is -0.990. The predicted molar refractivity (Wildman–Crippen MR) is 211 cm³/mol. The average molecular weight is 748 g/mol. The number of carbonyl (C=O) groups is 2. The Labute approximate surface area is 314 Å². The van der Waals surface area contributed by atoms with Gasteiger partial charge in [-0.05, 0) is 12.8 Å². The van der Waals surface area contributed by atoms with Crippen LogP contribution in [0, 0.1) is 0 Å². The summed E-state index contributed by atoms with van der Waals surface area (Å²) in [7, 11) is -4.41. The molecule has 0 aromatic carbocycles. The molecule has 0 radical (unpaired) electrons. The Bertz CT molecular complexity index is 815. The van der Waals surface area contributed by atoms with E-state index in [0.717, 1.165) is 38.5 Å². The molecule has 0 rings (SSSR count).